The molecule has 6 nitrogen and oxygen atoms in total. The van der Waals surface area contributed by atoms with E-state index in [4.69, 9.17) is 0 Å². The van der Waals surface area contributed by atoms with E-state index in [1.807, 2.05) is 31.2 Å². The van der Waals surface area contributed by atoms with Crippen LogP contribution in [0.4, 0.5) is 0 Å². The monoisotopic (exact) mass is 437 g/mol. The number of H-pyrrole nitrogens is 1. The zero-order chi connectivity index (χ0) is 21.6. The number of sulfonamides is 1. The third-order valence-corrected chi connectivity index (χ3v) is 8.46. The van der Waals surface area contributed by atoms with Gasteiger partial charge in [-0.2, -0.15) is 4.31 Å². The molecular formula is C24H27N3O3S. The third kappa shape index (κ3) is 3.55. The number of hydrogen-bond acceptors (Lipinski definition) is 3. The van der Waals surface area contributed by atoms with Gasteiger partial charge in [0, 0.05) is 37.3 Å². The maximum absolute atomic E-state index is 13.3. The number of nitrogens with zero attached hydrogens (tertiary/aromatic N) is 2. The Morgan fingerprint density at radius 3 is 2.39 bits per heavy atom. The van der Waals surface area contributed by atoms with Gasteiger partial charge in [0.15, 0.2) is 0 Å². The summed E-state index contributed by atoms with van der Waals surface area (Å²) in [6.07, 6.45) is 4.46. The lowest BCUT2D eigenvalue weighted by molar-refractivity contribution is 0.0699. The van der Waals surface area contributed by atoms with Crippen LogP contribution in [0.1, 0.15) is 40.0 Å². The highest BCUT2D eigenvalue weighted by Crippen LogP contribution is 2.31. The van der Waals surface area contributed by atoms with Gasteiger partial charge in [0.2, 0.25) is 10.0 Å². The zero-order valence-corrected chi connectivity index (χ0v) is 18.5. The molecule has 1 fully saturated rings. The molecule has 1 saturated heterocycles. The van der Waals surface area contributed by atoms with E-state index in [0.717, 1.165) is 29.3 Å². The number of para-hydroxylation sites is 1. The van der Waals surface area contributed by atoms with Crippen LogP contribution >= 0.6 is 0 Å². The number of carbonyl (C=O) groups is 1. The van der Waals surface area contributed by atoms with Crippen LogP contribution in [-0.2, 0) is 22.9 Å². The number of aryl methyl sites for hydroxylation is 3. The minimum Gasteiger partial charge on any atom is -0.358 e. The predicted octanol–water partition coefficient (Wildman–Crippen LogP) is 3.50. The van der Waals surface area contributed by atoms with Gasteiger partial charge >= 0.3 is 0 Å². The molecule has 2 aromatic carbocycles. The summed E-state index contributed by atoms with van der Waals surface area (Å²) in [7, 11) is -3.54. The summed E-state index contributed by atoms with van der Waals surface area (Å²) in [6.45, 7) is 3.32. The van der Waals surface area contributed by atoms with Crippen molar-refractivity contribution >= 4 is 26.8 Å². The van der Waals surface area contributed by atoms with Gasteiger partial charge in [0.05, 0.1) is 16.0 Å². The van der Waals surface area contributed by atoms with Crippen LogP contribution in [0.2, 0.25) is 0 Å². The number of hydrogen-bond donors (Lipinski definition) is 1. The largest absolute Gasteiger partial charge is 0.358 e. The molecule has 0 spiro atoms. The number of fused-ring (bicyclic) bond motifs is 3. The molecule has 1 amide bonds. The summed E-state index contributed by atoms with van der Waals surface area (Å²) in [4.78, 5) is 18.9. The predicted molar refractivity (Wildman–Crippen MR) is 121 cm³/mol. The number of aromatic amines is 1. The number of amides is 1. The van der Waals surface area contributed by atoms with E-state index in [1.54, 1.807) is 17.0 Å². The molecule has 1 aliphatic carbocycles. The van der Waals surface area contributed by atoms with Crippen molar-refractivity contribution in [2.24, 2.45) is 0 Å². The minimum absolute atomic E-state index is 0.0309. The summed E-state index contributed by atoms with van der Waals surface area (Å²) in [5.41, 5.74) is 5.24. The Kier molecular flexibility index (Phi) is 5.10. The second-order valence-corrected chi connectivity index (χ2v) is 10.5. The van der Waals surface area contributed by atoms with E-state index >= 15 is 0 Å². The summed E-state index contributed by atoms with van der Waals surface area (Å²) < 4.78 is 27.4. The Balaban J connectivity index is 1.35. The van der Waals surface area contributed by atoms with E-state index in [2.05, 4.69) is 11.1 Å². The van der Waals surface area contributed by atoms with Crippen molar-refractivity contribution in [1.29, 1.82) is 0 Å². The molecular weight excluding hydrogens is 410 g/mol. The molecule has 2 aliphatic rings. The molecule has 2 heterocycles. The number of rotatable bonds is 3. The number of aromatic nitrogens is 1. The fourth-order valence-corrected chi connectivity index (χ4v) is 6.19. The molecule has 0 saturated carbocycles. The highest BCUT2D eigenvalue weighted by atomic mass is 32.2. The lowest BCUT2D eigenvalue weighted by Gasteiger charge is -2.34. The van der Waals surface area contributed by atoms with Crippen molar-refractivity contribution < 1.29 is 13.2 Å². The summed E-state index contributed by atoms with van der Waals surface area (Å²) in [5, 5.41) is 1.15. The Bertz CT molecular complexity index is 1240. The van der Waals surface area contributed by atoms with Crippen molar-refractivity contribution in [1.82, 2.24) is 14.2 Å². The van der Waals surface area contributed by atoms with E-state index in [1.165, 1.54) is 28.4 Å². The van der Waals surface area contributed by atoms with Gasteiger partial charge in [-0.1, -0.05) is 29.8 Å². The molecule has 5 rings (SSSR count). The highest BCUT2D eigenvalue weighted by Gasteiger charge is 2.31. The van der Waals surface area contributed by atoms with Crippen LogP contribution in [0.15, 0.2) is 47.4 Å². The van der Waals surface area contributed by atoms with Crippen molar-refractivity contribution in [3.63, 3.8) is 0 Å². The van der Waals surface area contributed by atoms with Crippen molar-refractivity contribution in [3.8, 4) is 0 Å². The highest BCUT2D eigenvalue weighted by molar-refractivity contribution is 7.89. The molecule has 0 radical (unpaired) electrons. The second kappa shape index (κ2) is 7.80. The fourth-order valence-electron chi connectivity index (χ4n) is 4.77. The normalized spacial score (nSPS) is 17.6. The molecule has 0 atom stereocenters. The number of carbonyl (C=O) groups excluding carboxylic acids is 1. The lowest BCUT2D eigenvalue weighted by Crippen LogP contribution is -2.50. The van der Waals surface area contributed by atoms with Gasteiger partial charge < -0.3 is 9.88 Å². The van der Waals surface area contributed by atoms with Gasteiger partial charge in [0.1, 0.15) is 0 Å². The molecule has 1 aliphatic heterocycles. The molecule has 1 N–H and O–H groups in total. The second-order valence-electron chi connectivity index (χ2n) is 8.53. The van der Waals surface area contributed by atoms with Gasteiger partial charge in [-0.15, -0.1) is 0 Å². The zero-order valence-electron chi connectivity index (χ0n) is 17.7. The molecule has 0 bridgehead atoms. The topological polar surface area (TPSA) is 73.5 Å². The first-order valence-electron chi connectivity index (χ1n) is 10.9. The Hall–Kier alpha value is -2.64. The van der Waals surface area contributed by atoms with Crippen molar-refractivity contribution in [2.45, 2.75) is 37.5 Å². The van der Waals surface area contributed by atoms with E-state index in [9.17, 15) is 13.2 Å². The fraction of sp³-hybridized carbons (Fsp3) is 0.375. The maximum Gasteiger partial charge on any atom is 0.256 e. The van der Waals surface area contributed by atoms with Gasteiger partial charge in [-0.05, 0) is 56.4 Å². The SMILES string of the molecule is Cc1ccc(S(=O)(=O)N2CCN(C(=O)c3cccc4c5c([nH]c34)CCCC5)CC2)cc1. The average Bonchev–Trinajstić information content (AvgIpc) is 3.18. The summed E-state index contributed by atoms with van der Waals surface area (Å²) >= 11 is 0. The lowest BCUT2D eigenvalue weighted by atomic mass is 9.95. The number of nitrogens with one attached hydrogen (secondary N) is 1. The van der Waals surface area contributed by atoms with E-state index in [0.29, 0.717) is 36.6 Å². The number of benzene rings is 2. The van der Waals surface area contributed by atoms with Crippen molar-refractivity contribution in [2.75, 3.05) is 26.2 Å². The molecule has 7 heteroatoms. The molecule has 0 unspecified atom stereocenters. The Labute approximate surface area is 182 Å². The van der Waals surface area contributed by atoms with Crippen LogP contribution in [0.25, 0.3) is 10.9 Å². The van der Waals surface area contributed by atoms with Crippen LogP contribution in [-0.4, -0.2) is 54.7 Å². The summed E-state index contributed by atoms with van der Waals surface area (Å²) in [6, 6.07) is 12.8. The molecule has 3 aromatic rings. The van der Waals surface area contributed by atoms with Crippen LogP contribution in [0, 0.1) is 6.92 Å². The van der Waals surface area contributed by atoms with Crippen molar-refractivity contribution in [3.05, 3.63) is 64.8 Å². The summed E-state index contributed by atoms with van der Waals surface area (Å²) in [5.74, 6) is -0.0309. The van der Waals surface area contributed by atoms with E-state index in [-0.39, 0.29) is 5.91 Å². The first-order valence-corrected chi connectivity index (χ1v) is 12.4. The van der Waals surface area contributed by atoms with Crippen LogP contribution in [0.3, 0.4) is 0 Å². The first kappa shape index (κ1) is 20.3. The minimum atomic E-state index is -3.54. The smallest absolute Gasteiger partial charge is 0.256 e. The quantitative estimate of drug-likeness (QED) is 0.682. The molecule has 1 aromatic heterocycles. The Morgan fingerprint density at radius 2 is 1.65 bits per heavy atom. The molecule has 31 heavy (non-hydrogen) atoms. The van der Waals surface area contributed by atoms with Gasteiger partial charge in [-0.3, -0.25) is 4.79 Å². The van der Waals surface area contributed by atoms with Crippen LogP contribution < -0.4 is 0 Å². The maximum atomic E-state index is 13.3. The first-order chi connectivity index (χ1) is 14.9. The Morgan fingerprint density at radius 1 is 0.935 bits per heavy atom. The van der Waals surface area contributed by atoms with Gasteiger partial charge in [-0.25, -0.2) is 8.42 Å². The number of piperazine rings is 1. The third-order valence-electron chi connectivity index (χ3n) is 6.55. The average molecular weight is 438 g/mol. The van der Waals surface area contributed by atoms with Crippen LogP contribution in [0.5, 0.6) is 0 Å². The van der Waals surface area contributed by atoms with E-state index < -0.39 is 10.0 Å². The van der Waals surface area contributed by atoms with Gasteiger partial charge in [0.25, 0.3) is 5.91 Å². The molecule has 162 valence electrons. The standard InChI is InChI=1S/C24H27N3O3S/c1-17-9-11-18(12-10-17)31(29,30)27-15-13-26(14-16-27)24(28)21-7-4-6-20-19-5-2-3-8-22(19)25-23(20)21/h4,6-7,9-12,25H,2-3,5,8,13-16H2,1H3.